The van der Waals surface area contributed by atoms with Crippen molar-refractivity contribution in [2.45, 2.75) is 13.0 Å². The van der Waals surface area contributed by atoms with Crippen LogP contribution in [0.1, 0.15) is 27.5 Å². The summed E-state index contributed by atoms with van der Waals surface area (Å²) in [5.41, 5.74) is 2.74. The van der Waals surface area contributed by atoms with Gasteiger partial charge in [0.1, 0.15) is 0 Å². The second-order valence-corrected chi connectivity index (χ2v) is 6.80. The van der Waals surface area contributed by atoms with E-state index in [-0.39, 0.29) is 11.9 Å². The molecule has 1 fully saturated rings. The maximum atomic E-state index is 12.7. The number of nitrogens with one attached hydrogen (secondary N) is 1. The summed E-state index contributed by atoms with van der Waals surface area (Å²) in [6, 6.07) is 13.6. The van der Waals surface area contributed by atoms with Gasteiger partial charge in [-0.05, 0) is 36.2 Å². The molecule has 1 atom stereocenters. The maximum absolute atomic E-state index is 12.7. The molecule has 1 heterocycles. The van der Waals surface area contributed by atoms with Gasteiger partial charge in [0.2, 0.25) is 0 Å². The average molecular weight is 384 g/mol. The van der Waals surface area contributed by atoms with Crippen molar-refractivity contribution >= 4 is 5.91 Å². The summed E-state index contributed by atoms with van der Waals surface area (Å²) in [5, 5.41) is 3.11. The molecule has 0 aromatic heterocycles. The number of methoxy groups -OCH3 is 2. The van der Waals surface area contributed by atoms with E-state index < -0.39 is 0 Å². The highest BCUT2D eigenvalue weighted by molar-refractivity contribution is 5.95. The predicted molar refractivity (Wildman–Crippen MR) is 108 cm³/mol. The quantitative estimate of drug-likeness (QED) is 0.795. The van der Waals surface area contributed by atoms with Crippen LogP contribution < -0.4 is 14.8 Å². The number of nitrogens with zero attached hydrogens (tertiary/aromatic N) is 1. The van der Waals surface area contributed by atoms with Gasteiger partial charge >= 0.3 is 0 Å². The van der Waals surface area contributed by atoms with E-state index >= 15 is 0 Å². The molecule has 3 rings (SSSR count). The average Bonchev–Trinajstić information content (AvgIpc) is 2.74. The third kappa shape index (κ3) is 4.64. The van der Waals surface area contributed by atoms with Crippen LogP contribution in [0.4, 0.5) is 0 Å². The summed E-state index contributed by atoms with van der Waals surface area (Å²) >= 11 is 0. The summed E-state index contributed by atoms with van der Waals surface area (Å²) in [6.45, 7) is 5.47. The van der Waals surface area contributed by atoms with E-state index in [0.29, 0.717) is 36.8 Å². The lowest BCUT2D eigenvalue weighted by Crippen LogP contribution is -2.43. The lowest BCUT2D eigenvalue weighted by Gasteiger charge is -2.35. The monoisotopic (exact) mass is 384 g/mol. The van der Waals surface area contributed by atoms with Gasteiger partial charge in [0.25, 0.3) is 5.91 Å². The first kappa shape index (κ1) is 20.2. The second-order valence-electron chi connectivity index (χ2n) is 6.80. The summed E-state index contributed by atoms with van der Waals surface area (Å²) in [6.07, 6.45) is 0. The van der Waals surface area contributed by atoms with Crippen molar-refractivity contribution in [2.24, 2.45) is 0 Å². The van der Waals surface area contributed by atoms with Crippen LogP contribution in [-0.2, 0) is 4.74 Å². The van der Waals surface area contributed by atoms with E-state index in [4.69, 9.17) is 14.2 Å². The fourth-order valence-electron chi connectivity index (χ4n) is 3.52. The zero-order valence-electron chi connectivity index (χ0n) is 16.7. The van der Waals surface area contributed by atoms with Crippen LogP contribution >= 0.6 is 0 Å². The summed E-state index contributed by atoms with van der Waals surface area (Å²) in [5.74, 6) is 1.32. The topological polar surface area (TPSA) is 60.0 Å². The minimum Gasteiger partial charge on any atom is -0.493 e. The van der Waals surface area contributed by atoms with Crippen LogP contribution in [0.2, 0.25) is 0 Å². The van der Waals surface area contributed by atoms with Gasteiger partial charge in [-0.1, -0.05) is 24.3 Å². The molecule has 1 N–H and O–H groups in total. The van der Waals surface area contributed by atoms with Gasteiger partial charge in [-0.15, -0.1) is 0 Å². The molecule has 0 spiro atoms. The fourth-order valence-corrected chi connectivity index (χ4v) is 3.52. The minimum absolute atomic E-state index is 0.0247. The van der Waals surface area contributed by atoms with Gasteiger partial charge in [-0.2, -0.15) is 0 Å². The summed E-state index contributed by atoms with van der Waals surface area (Å²) in [4.78, 5) is 15.0. The highest BCUT2D eigenvalue weighted by Crippen LogP contribution is 2.32. The molecular weight excluding hydrogens is 356 g/mol. The van der Waals surface area contributed by atoms with Crippen LogP contribution in [0.15, 0.2) is 42.5 Å². The van der Waals surface area contributed by atoms with Crippen LogP contribution in [-0.4, -0.2) is 57.9 Å². The molecule has 1 aliphatic heterocycles. The molecule has 6 heteroatoms. The number of aryl methyl sites for hydroxylation is 1. The number of ether oxygens (including phenoxy) is 3. The third-order valence-electron chi connectivity index (χ3n) is 5.12. The molecule has 150 valence electrons. The Morgan fingerprint density at radius 2 is 1.82 bits per heavy atom. The largest absolute Gasteiger partial charge is 0.493 e. The van der Waals surface area contributed by atoms with Crippen LogP contribution in [0.5, 0.6) is 11.5 Å². The Bertz CT molecular complexity index is 803. The number of benzene rings is 2. The summed E-state index contributed by atoms with van der Waals surface area (Å²) in [7, 11) is 3.25. The van der Waals surface area contributed by atoms with E-state index in [2.05, 4.69) is 10.2 Å². The molecule has 1 unspecified atom stereocenters. The van der Waals surface area contributed by atoms with E-state index in [1.165, 1.54) is 0 Å². The van der Waals surface area contributed by atoms with Crippen LogP contribution in [0, 0.1) is 6.92 Å². The van der Waals surface area contributed by atoms with Gasteiger partial charge in [0, 0.05) is 25.2 Å². The number of hydrogen-bond acceptors (Lipinski definition) is 5. The molecule has 2 aromatic carbocycles. The van der Waals surface area contributed by atoms with Crippen molar-refractivity contribution in [2.75, 3.05) is 47.1 Å². The highest BCUT2D eigenvalue weighted by atomic mass is 16.5. The van der Waals surface area contributed by atoms with Crippen molar-refractivity contribution in [3.8, 4) is 11.5 Å². The van der Waals surface area contributed by atoms with E-state index in [1.54, 1.807) is 14.2 Å². The predicted octanol–water partition coefficient (Wildman–Crippen LogP) is 2.82. The number of rotatable bonds is 7. The van der Waals surface area contributed by atoms with Gasteiger partial charge in [-0.3, -0.25) is 9.69 Å². The van der Waals surface area contributed by atoms with Gasteiger partial charge in [0.15, 0.2) is 11.5 Å². The van der Waals surface area contributed by atoms with E-state index in [9.17, 15) is 4.79 Å². The first-order chi connectivity index (χ1) is 13.6. The number of morpholine rings is 1. The van der Waals surface area contributed by atoms with E-state index in [1.807, 2.05) is 49.4 Å². The molecular formula is C22H28N2O4. The van der Waals surface area contributed by atoms with Crippen LogP contribution in [0.3, 0.4) is 0 Å². The van der Waals surface area contributed by atoms with Crippen molar-refractivity contribution in [1.82, 2.24) is 10.2 Å². The third-order valence-corrected chi connectivity index (χ3v) is 5.12. The van der Waals surface area contributed by atoms with Crippen LogP contribution in [0.25, 0.3) is 0 Å². The Morgan fingerprint density at radius 1 is 1.11 bits per heavy atom. The number of carbonyl (C=O) groups is 1. The number of carbonyl (C=O) groups excluding carboxylic acids is 1. The fraction of sp³-hybridized carbons (Fsp3) is 0.409. The van der Waals surface area contributed by atoms with Gasteiger partial charge < -0.3 is 19.5 Å². The first-order valence-electron chi connectivity index (χ1n) is 9.51. The molecule has 0 radical (unpaired) electrons. The molecule has 2 aromatic rings. The Hall–Kier alpha value is -2.57. The molecule has 0 aliphatic carbocycles. The lowest BCUT2D eigenvalue weighted by molar-refractivity contribution is 0.0162. The SMILES string of the molecule is COc1ccc(C(CNC(=O)c2ccccc2C)N2CCOCC2)cc1OC. The maximum Gasteiger partial charge on any atom is 0.251 e. The molecule has 6 nitrogen and oxygen atoms in total. The normalized spacial score (nSPS) is 15.7. The zero-order chi connectivity index (χ0) is 19.9. The zero-order valence-corrected chi connectivity index (χ0v) is 16.7. The molecule has 1 amide bonds. The molecule has 0 saturated carbocycles. The minimum atomic E-state index is -0.0585. The Labute approximate surface area is 166 Å². The highest BCUT2D eigenvalue weighted by Gasteiger charge is 2.24. The number of amides is 1. The standard InChI is InChI=1S/C22H28N2O4/c1-16-6-4-5-7-18(16)22(25)23-15-19(24-10-12-28-13-11-24)17-8-9-20(26-2)21(14-17)27-3/h4-9,14,19H,10-13,15H2,1-3H3,(H,23,25). The molecule has 0 bridgehead atoms. The molecule has 28 heavy (non-hydrogen) atoms. The van der Waals surface area contributed by atoms with Crippen molar-refractivity contribution in [3.63, 3.8) is 0 Å². The van der Waals surface area contributed by atoms with Crippen molar-refractivity contribution < 1.29 is 19.0 Å². The summed E-state index contributed by atoms with van der Waals surface area (Å²) < 4.78 is 16.3. The number of hydrogen-bond donors (Lipinski definition) is 1. The van der Waals surface area contributed by atoms with Gasteiger partial charge in [0.05, 0.1) is 33.5 Å². The molecule has 1 saturated heterocycles. The lowest BCUT2D eigenvalue weighted by atomic mass is 10.0. The van der Waals surface area contributed by atoms with Crippen molar-refractivity contribution in [3.05, 3.63) is 59.2 Å². The second kappa shape index (κ2) is 9.57. The first-order valence-corrected chi connectivity index (χ1v) is 9.51. The Balaban J connectivity index is 1.81. The van der Waals surface area contributed by atoms with Crippen molar-refractivity contribution in [1.29, 1.82) is 0 Å². The Kier molecular flexibility index (Phi) is 6.90. The smallest absolute Gasteiger partial charge is 0.251 e. The Morgan fingerprint density at radius 3 is 2.50 bits per heavy atom. The van der Waals surface area contributed by atoms with E-state index in [0.717, 1.165) is 24.2 Å². The molecule has 1 aliphatic rings. The van der Waals surface area contributed by atoms with Gasteiger partial charge in [-0.25, -0.2) is 0 Å².